The predicted molar refractivity (Wildman–Crippen MR) is 146 cm³/mol. The van der Waals surface area contributed by atoms with Crippen LogP contribution in [0.5, 0.6) is 0 Å². The highest BCUT2D eigenvalue weighted by molar-refractivity contribution is 5.95. The van der Waals surface area contributed by atoms with Gasteiger partial charge < -0.3 is 15.1 Å². The van der Waals surface area contributed by atoms with Crippen LogP contribution in [0.25, 0.3) is 0 Å². The molecule has 37 heavy (non-hydrogen) atoms. The lowest BCUT2D eigenvalue weighted by Crippen LogP contribution is -2.52. The minimum Gasteiger partial charge on any atom is -0.353 e. The number of hydrogen-bond acceptors (Lipinski definition) is 5. The minimum atomic E-state index is -0.0480. The maximum atomic E-state index is 13.0. The summed E-state index contributed by atoms with van der Waals surface area (Å²) in [6.45, 7) is 9.36. The quantitative estimate of drug-likeness (QED) is 0.544. The van der Waals surface area contributed by atoms with Gasteiger partial charge in [0.15, 0.2) is 5.82 Å². The molecule has 3 heterocycles. The molecule has 0 spiro atoms. The van der Waals surface area contributed by atoms with Crippen molar-refractivity contribution in [3.63, 3.8) is 0 Å². The Kier molecular flexibility index (Phi) is 6.96. The van der Waals surface area contributed by atoms with Crippen LogP contribution in [0.3, 0.4) is 0 Å². The maximum absolute atomic E-state index is 13.0. The van der Waals surface area contributed by atoms with Gasteiger partial charge in [-0.05, 0) is 71.7 Å². The Morgan fingerprint density at radius 2 is 1.59 bits per heavy atom. The molecule has 2 amide bonds. The van der Waals surface area contributed by atoms with Crippen molar-refractivity contribution in [1.82, 2.24) is 15.1 Å². The number of anilines is 2. The van der Waals surface area contributed by atoms with Crippen molar-refractivity contribution in [3.8, 4) is 0 Å². The number of rotatable bonds is 5. The molecular formula is C30H35N5O2. The van der Waals surface area contributed by atoms with Crippen molar-refractivity contribution in [3.05, 3.63) is 83.6 Å². The van der Waals surface area contributed by atoms with Gasteiger partial charge in [0.2, 0.25) is 5.91 Å². The zero-order chi connectivity index (χ0) is 26.0. The zero-order valence-electron chi connectivity index (χ0n) is 21.9. The van der Waals surface area contributed by atoms with Crippen molar-refractivity contribution in [2.24, 2.45) is 5.92 Å². The fourth-order valence-electron chi connectivity index (χ4n) is 5.09. The average molecular weight is 498 g/mol. The molecule has 0 aliphatic carbocycles. The molecule has 2 aliphatic heterocycles. The van der Waals surface area contributed by atoms with E-state index in [9.17, 15) is 9.59 Å². The molecule has 0 atom stereocenters. The number of nitrogens with one attached hydrogen (secondary N) is 1. The molecule has 2 fully saturated rings. The summed E-state index contributed by atoms with van der Waals surface area (Å²) in [5, 5.41) is 11.0. The Morgan fingerprint density at radius 3 is 2.19 bits per heavy atom. The summed E-state index contributed by atoms with van der Waals surface area (Å²) in [6.07, 6.45) is 3.53. The fraction of sp³-hybridized carbons (Fsp3) is 0.400. The molecule has 1 N–H and O–H groups in total. The third kappa shape index (κ3) is 5.66. The summed E-state index contributed by atoms with van der Waals surface area (Å²) in [5.41, 5.74) is 4.15. The van der Waals surface area contributed by atoms with Gasteiger partial charge in [0.25, 0.3) is 5.91 Å². The van der Waals surface area contributed by atoms with Crippen LogP contribution in [-0.2, 0) is 10.2 Å². The molecule has 1 aromatic heterocycles. The van der Waals surface area contributed by atoms with E-state index in [0.29, 0.717) is 19.0 Å². The Morgan fingerprint density at radius 1 is 0.919 bits per heavy atom. The van der Waals surface area contributed by atoms with Gasteiger partial charge in [0.05, 0.1) is 5.92 Å². The Labute approximate surface area is 218 Å². The Balaban J connectivity index is 1.10. The summed E-state index contributed by atoms with van der Waals surface area (Å²) >= 11 is 0. The Bertz CT molecular complexity index is 1220. The Hall–Kier alpha value is -3.74. The van der Waals surface area contributed by atoms with E-state index in [2.05, 4.69) is 65.5 Å². The second kappa shape index (κ2) is 10.3. The molecule has 2 aromatic carbocycles. The SMILES string of the molecule is CC(C)(C)c1ccc(C(=O)N2CCC(c3ccc(NC(=O)C4CN(c5cccnn5)C4)cc3)CC2)cc1. The predicted octanol–water partition coefficient (Wildman–Crippen LogP) is 4.87. The third-order valence-corrected chi connectivity index (χ3v) is 7.56. The highest BCUT2D eigenvalue weighted by Crippen LogP contribution is 2.30. The molecular weight excluding hydrogens is 462 g/mol. The molecule has 2 saturated heterocycles. The number of carbonyl (C=O) groups excluding carboxylic acids is 2. The molecule has 0 unspecified atom stereocenters. The van der Waals surface area contributed by atoms with Gasteiger partial charge in [-0.3, -0.25) is 9.59 Å². The first kappa shape index (κ1) is 24.9. The number of likely N-dealkylation sites (tertiary alicyclic amines) is 1. The monoisotopic (exact) mass is 497 g/mol. The first-order valence-electron chi connectivity index (χ1n) is 13.1. The number of piperidine rings is 1. The van der Waals surface area contributed by atoms with Gasteiger partial charge >= 0.3 is 0 Å². The largest absolute Gasteiger partial charge is 0.353 e. The van der Waals surface area contributed by atoms with E-state index in [4.69, 9.17) is 0 Å². The van der Waals surface area contributed by atoms with Gasteiger partial charge in [-0.2, -0.15) is 5.10 Å². The van der Waals surface area contributed by atoms with Crippen LogP contribution in [0, 0.1) is 5.92 Å². The minimum absolute atomic E-state index is 0.0373. The van der Waals surface area contributed by atoms with Crippen LogP contribution >= 0.6 is 0 Å². The fourth-order valence-corrected chi connectivity index (χ4v) is 5.09. The molecule has 0 saturated carbocycles. The van der Waals surface area contributed by atoms with Crippen LogP contribution in [0.2, 0.25) is 0 Å². The highest BCUT2D eigenvalue weighted by atomic mass is 16.2. The number of hydrogen-bond donors (Lipinski definition) is 1. The first-order chi connectivity index (χ1) is 17.8. The molecule has 0 radical (unpaired) electrons. The number of benzene rings is 2. The molecule has 3 aromatic rings. The van der Waals surface area contributed by atoms with Gasteiger partial charge in [0.1, 0.15) is 0 Å². The van der Waals surface area contributed by atoms with E-state index in [1.165, 1.54) is 11.1 Å². The van der Waals surface area contributed by atoms with Gasteiger partial charge in [-0.15, -0.1) is 5.10 Å². The number of carbonyl (C=O) groups is 2. The first-order valence-corrected chi connectivity index (χ1v) is 13.1. The molecule has 0 bridgehead atoms. The zero-order valence-corrected chi connectivity index (χ0v) is 21.9. The van der Waals surface area contributed by atoms with Crippen molar-refractivity contribution >= 4 is 23.3 Å². The van der Waals surface area contributed by atoms with E-state index in [1.807, 2.05) is 41.3 Å². The second-order valence-electron chi connectivity index (χ2n) is 11.2. The van der Waals surface area contributed by atoms with E-state index in [0.717, 1.165) is 43.0 Å². The number of aromatic nitrogens is 2. The lowest BCUT2D eigenvalue weighted by atomic mass is 9.86. The summed E-state index contributed by atoms with van der Waals surface area (Å²) in [7, 11) is 0. The van der Waals surface area contributed by atoms with E-state index in [-0.39, 0.29) is 23.1 Å². The average Bonchev–Trinajstić information content (AvgIpc) is 2.88. The van der Waals surface area contributed by atoms with Gasteiger partial charge in [-0.1, -0.05) is 45.0 Å². The van der Waals surface area contributed by atoms with Gasteiger partial charge in [0, 0.05) is 43.6 Å². The van der Waals surface area contributed by atoms with E-state index in [1.54, 1.807) is 6.20 Å². The standard InChI is InChI=1S/C30H35N5O2/c1-30(2,3)25-10-6-23(7-11-25)29(37)34-17-14-22(15-18-34)21-8-12-26(13-9-21)32-28(36)24-19-35(20-24)27-5-4-16-31-33-27/h4-13,16,22,24H,14-15,17-20H2,1-3H3,(H,32,36). The van der Waals surface area contributed by atoms with Crippen molar-refractivity contribution in [2.75, 3.05) is 36.4 Å². The number of amides is 2. The molecule has 5 rings (SSSR count). The van der Waals surface area contributed by atoms with Crippen LogP contribution in [0.15, 0.2) is 66.9 Å². The number of nitrogens with zero attached hydrogens (tertiary/aromatic N) is 4. The summed E-state index contributed by atoms with van der Waals surface area (Å²) in [4.78, 5) is 29.7. The van der Waals surface area contributed by atoms with Crippen molar-refractivity contribution < 1.29 is 9.59 Å². The van der Waals surface area contributed by atoms with Crippen LogP contribution < -0.4 is 10.2 Å². The normalized spacial score (nSPS) is 16.8. The van der Waals surface area contributed by atoms with Crippen molar-refractivity contribution in [2.45, 2.75) is 44.9 Å². The summed E-state index contributed by atoms with van der Waals surface area (Å²) in [5.74, 6) is 1.33. The molecule has 2 aliphatic rings. The smallest absolute Gasteiger partial charge is 0.253 e. The summed E-state index contributed by atoms with van der Waals surface area (Å²) < 4.78 is 0. The van der Waals surface area contributed by atoms with Crippen LogP contribution in [0.1, 0.15) is 61.0 Å². The molecule has 7 nitrogen and oxygen atoms in total. The maximum Gasteiger partial charge on any atom is 0.253 e. The second-order valence-corrected chi connectivity index (χ2v) is 11.2. The topological polar surface area (TPSA) is 78.4 Å². The molecule has 192 valence electrons. The third-order valence-electron chi connectivity index (χ3n) is 7.56. The lowest BCUT2D eigenvalue weighted by molar-refractivity contribution is -0.120. The molecule has 7 heteroatoms. The van der Waals surface area contributed by atoms with Crippen molar-refractivity contribution in [1.29, 1.82) is 0 Å². The van der Waals surface area contributed by atoms with Crippen LogP contribution in [0.4, 0.5) is 11.5 Å². The highest BCUT2D eigenvalue weighted by Gasteiger charge is 2.33. The van der Waals surface area contributed by atoms with Crippen LogP contribution in [-0.4, -0.2) is 53.1 Å². The summed E-state index contributed by atoms with van der Waals surface area (Å²) in [6, 6.07) is 20.0. The van der Waals surface area contributed by atoms with E-state index < -0.39 is 0 Å². The van der Waals surface area contributed by atoms with Gasteiger partial charge in [-0.25, -0.2) is 0 Å². The van der Waals surface area contributed by atoms with E-state index >= 15 is 0 Å². The lowest BCUT2D eigenvalue weighted by Gasteiger charge is -2.38.